The van der Waals surface area contributed by atoms with Crippen LogP contribution in [0.1, 0.15) is 19.3 Å². The quantitative estimate of drug-likeness (QED) is 0.835. The summed E-state index contributed by atoms with van der Waals surface area (Å²) in [5.74, 6) is -0.618. The summed E-state index contributed by atoms with van der Waals surface area (Å²) in [5.41, 5.74) is 0. The monoisotopic (exact) mass is 271 g/mol. The number of amides is 2. The van der Waals surface area contributed by atoms with Gasteiger partial charge in [0.05, 0.1) is 0 Å². The number of carbonyl (C=O) groups excluding carboxylic acids is 1. The molecule has 2 rings (SSSR count). The van der Waals surface area contributed by atoms with Crippen molar-refractivity contribution in [2.24, 2.45) is 5.92 Å². The summed E-state index contributed by atoms with van der Waals surface area (Å²) < 4.78 is 3.55. The molecule has 9 heteroatoms. The third kappa shape index (κ3) is 3.36. The zero-order chi connectivity index (χ0) is 13.0. The van der Waals surface area contributed by atoms with Crippen LogP contribution in [-0.2, 0) is 4.79 Å². The predicted octanol–water partition coefficient (Wildman–Crippen LogP) is 0.652. The van der Waals surface area contributed by atoms with Gasteiger partial charge in [0, 0.05) is 31.0 Å². The van der Waals surface area contributed by atoms with E-state index in [1.165, 1.54) is 0 Å². The van der Waals surface area contributed by atoms with Gasteiger partial charge in [0.25, 0.3) is 0 Å². The van der Waals surface area contributed by atoms with Gasteiger partial charge in [0.2, 0.25) is 5.13 Å². The van der Waals surface area contributed by atoms with E-state index in [9.17, 15) is 9.59 Å². The van der Waals surface area contributed by atoms with E-state index < -0.39 is 5.97 Å². The van der Waals surface area contributed by atoms with E-state index >= 15 is 0 Å². The molecular formula is C9H13N5O3S. The van der Waals surface area contributed by atoms with E-state index in [-0.39, 0.29) is 18.4 Å². The van der Waals surface area contributed by atoms with Crippen LogP contribution in [-0.4, -0.2) is 49.9 Å². The third-order valence-electron chi connectivity index (χ3n) is 2.88. The van der Waals surface area contributed by atoms with Crippen LogP contribution in [0.3, 0.4) is 0 Å². The Bertz CT molecular complexity index is 416. The van der Waals surface area contributed by atoms with Crippen LogP contribution < -0.4 is 5.32 Å². The number of likely N-dealkylation sites (tertiary alicyclic amines) is 1. The smallest absolute Gasteiger partial charge is 0.323 e. The van der Waals surface area contributed by atoms with Crippen molar-refractivity contribution in [2.75, 3.05) is 18.4 Å². The molecule has 8 nitrogen and oxygen atoms in total. The fraction of sp³-hybridized carbons (Fsp3) is 0.667. The summed E-state index contributed by atoms with van der Waals surface area (Å²) >= 11 is 1.02. The number of carboxylic acid groups (broad SMARTS) is 1. The van der Waals surface area contributed by atoms with Crippen LogP contribution in [0.5, 0.6) is 0 Å². The lowest BCUT2D eigenvalue weighted by Gasteiger charge is -2.30. The SMILES string of the molecule is O=C(O)CC1CCN(C(=O)Nc2nnns2)CC1. The van der Waals surface area contributed by atoms with Crippen molar-refractivity contribution >= 4 is 28.7 Å². The molecule has 0 atom stereocenters. The van der Waals surface area contributed by atoms with Gasteiger partial charge in [-0.1, -0.05) is 9.59 Å². The van der Waals surface area contributed by atoms with E-state index in [2.05, 4.69) is 20.1 Å². The number of piperidine rings is 1. The number of nitrogens with one attached hydrogen (secondary N) is 1. The van der Waals surface area contributed by atoms with Gasteiger partial charge in [-0.3, -0.25) is 10.1 Å². The molecule has 1 aliphatic heterocycles. The first-order chi connectivity index (χ1) is 8.65. The van der Waals surface area contributed by atoms with E-state index in [1.807, 2.05) is 0 Å². The summed E-state index contributed by atoms with van der Waals surface area (Å²) in [6.07, 6.45) is 1.61. The predicted molar refractivity (Wildman–Crippen MR) is 63.3 cm³/mol. The number of aromatic nitrogens is 3. The fourth-order valence-electron chi connectivity index (χ4n) is 1.94. The minimum absolute atomic E-state index is 0.162. The maximum absolute atomic E-state index is 11.8. The molecule has 1 aliphatic rings. The Morgan fingerprint density at radius 2 is 2.17 bits per heavy atom. The summed E-state index contributed by atoms with van der Waals surface area (Å²) in [5, 5.41) is 18.7. The molecular weight excluding hydrogens is 258 g/mol. The minimum Gasteiger partial charge on any atom is -0.481 e. The number of rotatable bonds is 3. The van der Waals surface area contributed by atoms with Gasteiger partial charge in [-0.05, 0) is 24.0 Å². The highest BCUT2D eigenvalue weighted by Gasteiger charge is 2.24. The normalized spacial score (nSPS) is 16.6. The topological polar surface area (TPSA) is 108 Å². The standard InChI is InChI=1S/C9H13N5O3S/c15-7(16)5-6-1-3-14(4-2-6)9(17)10-8-11-12-13-18-8/h6H,1-5H2,(H,15,16)(H,10,11,13,17). The van der Waals surface area contributed by atoms with Gasteiger partial charge >= 0.3 is 12.0 Å². The molecule has 18 heavy (non-hydrogen) atoms. The molecule has 0 unspecified atom stereocenters. The van der Waals surface area contributed by atoms with Crippen LogP contribution in [0, 0.1) is 5.92 Å². The summed E-state index contributed by atoms with van der Waals surface area (Å²) in [6.45, 7) is 1.13. The molecule has 0 spiro atoms. The lowest BCUT2D eigenvalue weighted by atomic mass is 9.94. The Morgan fingerprint density at radius 3 is 2.72 bits per heavy atom. The summed E-state index contributed by atoms with van der Waals surface area (Å²) in [6, 6.07) is -0.234. The number of urea groups is 1. The average molecular weight is 271 g/mol. The first-order valence-electron chi connectivity index (χ1n) is 5.58. The van der Waals surface area contributed by atoms with Crippen LogP contribution in [0.4, 0.5) is 9.93 Å². The first kappa shape index (κ1) is 12.7. The number of aliphatic carboxylic acids is 1. The van der Waals surface area contributed by atoms with E-state index in [4.69, 9.17) is 5.11 Å². The molecule has 0 aromatic carbocycles. The molecule has 0 aliphatic carbocycles. The van der Waals surface area contributed by atoms with Crippen molar-refractivity contribution < 1.29 is 14.7 Å². The Balaban J connectivity index is 1.79. The maximum atomic E-state index is 11.8. The Morgan fingerprint density at radius 1 is 1.44 bits per heavy atom. The Kier molecular flexibility index (Phi) is 4.03. The van der Waals surface area contributed by atoms with Crippen molar-refractivity contribution in [3.8, 4) is 0 Å². The number of hydrogen-bond donors (Lipinski definition) is 2. The van der Waals surface area contributed by atoms with Crippen molar-refractivity contribution in [1.29, 1.82) is 0 Å². The van der Waals surface area contributed by atoms with Crippen LogP contribution in [0.25, 0.3) is 0 Å². The number of anilines is 1. The largest absolute Gasteiger partial charge is 0.481 e. The molecule has 2 heterocycles. The van der Waals surface area contributed by atoms with Gasteiger partial charge in [0.15, 0.2) is 0 Å². The van der Waals surface area contributed by atoms with Crippen molar-refractivity contribution in [2.45, 2.75) is 19.3 Å². The molecule has 1 aromatic heterocycles. The fourth-order valence-corrected chi connectivity index (χ4v) is 2.30. The molecule has 0 bridgehead atoms. The molecule has 1 aromatic rings. The second-order valence-corrected chi connectivity index (χ2v) is 4.86. The Labute approximate surface area is 107 Å². The number of hydrogen-bond acceptors (Lipinski definition) is 6. The number of nitrogens with zero attached hydrogens (tertiary/aromatic N) is 4. The van der Waals surface area contributed by atoms with E-state index in [1.54, 1.807) is 4.90 Å². The summed E-state index contributed by atoms with van der Waals surface area (Å²) in [4.78, 5) is 24.0. The molecule has 2 amide bonds. The molecule has 0 radical (unpaired) electrons. The molecule has 1 fully saturated rings. The zero-order valence-corrected chi connectivity index (χ0v) is 10.4. The first-order valence-corrected chi connectivity index (χ1v) is 6.35. The number of carboxylic acids is 1. The van der Waals surface area contributed by atoms with E-state index in [0.29, 0.717) is 31.1 Å². The second-order valence-electron chi connectivity index (χ2n) is 4.13. The maximum Gasteiger partial charge on any atom is 0.323 e. The average Bonchev–Trinajstić information content (AvgIpc) is 2.82. The highest BCUT2D eigenvalue weighted by molar-refractivity contribution is 7.09. The van der Waals surface area contributed by atoms with E-state index in [0.717, 1.165) is 11.5 Å². The lowest BCUT2D eigenvalue weighted by Crippen LogP contribution is -2.41. The number of carbonyl (C=O) groups is 2. The molecule has 2 N–H and O–H groups in total. The van der Waals surface area contributed by atoms with Gasteiger partial charge in [0.1, 0.15) is 0 Å². The highest BCUT2D eigenvalue weighted by Crippen LogP contribution is 2.21. The van der Waals surface area contributed by atoms with Gasteiger partial charge in [-0.15, -0.1) is 0 Å². The second kappa shape index (κ2) is 5.71. The van der Waals surface area contributed by atoms with Gasteiger partial charge in [-0.25, -0.2) is 4.79 Å². The zero-order valence-electron chi connectivity index (χ0n) is 9.57. The van der Waals surface area contributed by atoms with Crippen LogP contribution >= 0.6 is 11.5 Å². The minimum atomic E-state index is -0.780. The van der Waals surface area contributed by atoms with Crippen molar-refractivity contribution in [1.82, 2.24) is 19.7 Å². The van der Waals surface area contributed by atoms with Gasteiger partial charge < -0.3 is 10.0 Å². The van der Waals surface area contributed by atoms with Crippen LogP contribution in [0.2, 0.25) is 0 Å². The summed E-state index contributed by atoms with van der Waals surface area (Å²) in [7, 11) is 0. The molecule has 0 saturated carbocycles. The highest BCUT2D eigenvalue weighted by atomic mass is 32.1. The third-order valence-corrected chi connectivity index (χ3v) is 3.39. The molecule has 98 valence electrons. The Hall–Kier alpha value is -1.77. The van der Waals surface area contributed by atoms with Crippen LogP contribution in [0.15, 0.2) is 0 Å². The van der Waals surface area contributed by atoms with Gasteiger partial charge in [-0.2, -0.15) is 0 Å². The van der Waals surface area contributed by atoms with Crippen molar-refractivity contribution in [3.05, 3.63) is 0 Å². The lowest BCUT2D eigenvalue weighted by molar-refractivity contribution is -0.138. The van der Waals surface area contributed by atoms with Crippen molar-refractivity contribution in [3.63, 3.8) is 0 Å². The molecule has 1 saturated heterocycles.